The molecule has 0 saturated carbocycles. The second-order valence-electron chi connectivity index (χ2n) is 2.58. The third kappa shape index (κ3) is 1.82. The van der Waals surface area contributed by atoms with Crippen molar-refractivity contribution in [2.75, 3.05) is 7.05 Å². The van der Waals surface area contributed by atoms with Gasteiger partial charge in [0.15, 0.2) is 0 Å². The number of rotatable bonds is 1. The van der Waals surface area contributed by atoms with E-state index in [0.29, 0.717) is 5.56 Å². The summed E-state index contributed by atoms with van der Waals surface area (Å²) in [6.07, 6.45) is 1.52. The van der Waals surface area contributed by atoms with Gasteiger partial charge in [-0.25, -0.2) is 0 Å². The number of aryl methyl sites for hydroxylation is 1. The molecule has 1 N–H and O–H groups in total. The molecule has 0 unspecified atom stereocenters. The molecule has 4 nitrogen and oxygen atoms in total. The van der Waals surface area contributed by atoms with Gasteiger partial charge in [0.1, 0.15) is 5.69 Å². The Morgan fingerprint density at radius 3 is 2.92 bits per heavy atom. The molecule has 1 rings (SSSR count). The molecule has 0 saturated heterocycles. The molecule has 0 aliphatic rings. The summed E-state index contributed by atoms with van der Waals surface area (Å²) in [5, 5.41) is 11.1. The maximum absolute atomic E-state index is 11.1. The monoisotopic (exact) mass is 175 g/mol. The maximum atomic E-state index is 11.1. The lowest BCUT2D eigenvalue weighted by atomic mass is 10.1. The first kappa shape index (κ1) is 9.20. The number of pyridine rings is 1. The maximum Gasteiger partial charge on any atom is 0.269 e. The second kappa shape index (κ2) is 3.68. The molecular formula is C9H9N3O. The predicted molar refractivity (Wildman–Crippen MR) is 47.1 cm³/mol. The molecule has 4 heteroatoms. The summed E-state index contributed by atoms with van der Waals surface area (Å²) in [7, 11) is 1.52. The highest BCUT2D eigenvalue weighted by molar-refractivity contribution is 5.92. The number of nitrogens with one attached hydrogen (secondary N) is 1. The van der Waals surface area contributed by atoms with Crippen LogP contribution in [-0.4, -0.2) is 17.9 Å². The van der Waals surface area contributed by atoms with Gasteiger partial charge < -0.3 is 5.32 Å². The zero-order valence-electron chi connectivity index (χ0n) is 7.46. The van der Waals surface area contributed by atoms with Crippen LogP contribution in [0, 0.1) is 18.3 Å². The van der Waals surface area contributed by atoms with Crippen LogP contribution in [0.25, 0.3) is 0 Å². The van der Waals surface area contributed by atoms with Gasteiger partial charge in [-0.1, -0.05) is 0 Å². The van der Waals surface area contributed by atoms with E-state index in [1.54, 1.807) is 6.92 Å². The van der Waals surface area contributed by atoms with Crippen molar-refractivity contribution in [1.29, 1.82) is 5.26 Å². The van der Waals surface area contributed by atoms with E-state index in [1.165, 1.54) is 19.3 Å². The van der Waals surface area contributed by atoms with Gasteiger partial charge in [-0.2, -0.15) is 5.26 Å². The van der Waals surface area contributed by atoms with Crippen molar-refractivity contribution < 1.29 is 4.79 Å². The van der Waals surface area contributed by atoms with Crippen LogP contribution in [0.5, 0.6) is 0 Å². The van der Waals surface area contributed by atoms with Crippen LogP contribution in [0.1, 0.15) is 21.6 Å². The van der Waals surface area contributed by atoms with Crippen molar-refractivity contribution in [3.63, 3.8) is 0 Å². The fraction of sp³-hybridized carbons (Fsp3) is 0.222. The number of carbonyl (C=O) groups is 1. The van der Waals surface area contributed by atoms with E-state index in [-0.39, 0.29) is 11.6 Å². The minimum atomic E-state index is -0.281. The summed E-state index contributed by atoms with van der Waals surface area (Å²) >= 11 is 0. The molecular weight excluding hydrogens is 166 g/mol. The quantitative estimate of drug-likeness (QED) is 0.680. The molecule has 1 heterocycles. The molecule has 0 spiro atoms. The van der Waals surface area contributed by atoms with E-state index in [2.05, 4.69) is 10.3 Å². The second-order valence-corrected chi connectivity index (χ2v) is 2.58. The predicted octanol–water partition coefficient (Wildman–Crippen LogP) is 0.621. The summed E-state index contributed by atoms with van der Waals surface area (Å²) in [4.78, 5) is 15.0. The average molecular weight is 175 g/mol. The van der Waals surface area contributed by atoms with E-state index in [1.807, 2.05) is 6.07 Å². The van der Waals surface area contributed by atoms with Crippen molar-refractivity contribution >= 4 is 5.91 Å². The summed E-state index contributed by atoms with van der Waals surface area (Å²) in [5.41, 5.74) is 1.52. The van der Waals surface area contributed by atoms with Gasteiger partial charge in [-0.3, -0.25) is 9.78 Å². The Hall–Kier alpha value is -1.89. The third-order valence-corrected chi connectivity index (χ3v) is 1.68. The Balaban J connectivity index is 3.15. The number of amides is 1. The number of carbonyl (C=O) groups excluding carboxylic acids is 1. The van der Waals surface area contributed by atoms with Gasteiger partial charge >= 0.3 is 0 Å². The number of nitriles is 1. The SMILES string of the molecule is CNC(=O)c1cc(C#N)c(C)cn1. The minimum absolute atomic E-state index is 0.268. The third-order valence-electron chi connectivity index (χ3n) is 1.68. The highest BCUT2D eigenvalue weighted by Crippen LogP contribution is 2.06. The fourth-order valence-electron chi connectivity index (χ4n) is 0.896. The highest BCUT2D eigenvalue weighted by atomic mass is 16.1. The van der Waals surface area contributed by atoms with Crippen LogP contribution >= 0.6 is 0 Å². The van der Waals surface area contributed by atoms with E-state index in [0.717, 1.165) is 5.56 Å². The highest BCUT2D eigenvalue weighted by Gasteiger charge is 2.06. The van der Waals surface area contributed by atoms with E-state index in [9.17, 15) is 4.79 Å². The molecule has 1 aromatic heterocycles. The summed E-state index contributed by atoms with van der Waals surface area (Å²) in [5.74, 6) is -0.281. The van der Waals surface area contributed by atoms with Crippen molar-refractivity contribution in [2.45, 2.75) is 6.92 Å². The van der Waals surface area contributed by atoms with Crippen LogP contribution in [0.4, 0.5) is 0 Å². The van der Waals surface area contributed by atoms with Gasteiger partial charge in [0.25, 0.3) is 5.91 Å². The Bertz CT molecular complexity index is 379. The summed E-state index contributed by atoms with van der Waals surface area (Å²) in [6, 6.07) is 3.47. The lowest BCUT2D eigenvalue weighted by Gasteiger charge is -2.00. The topological polar surface area (TPSA) is 65.8 Å². The Morgan fingerprint density at radius 2 is 2.38 bits per heavy atom. The zero-order chi connectivity index (χ0) is 9.84. The van der Waals surface area contributed by atoms with Crippen molar-refractivity contribution in [3.8, 4) is 6.07 Å². The summed E-state index contributed by atoms with van der Waals surface area (Å²) in [6.45, 7) is 1.78. The van der Waals surface area contributed by atoms with Gasteiger partial charge in [0.05, 0.1) is 11.6 Å². The molecule has 13 heavy (non-hydrogen) atoms. The normalized spacial score (nSPS) is 9.00. The molecule has 1 aromatic rings. The smallest absolute Gasteiger partial charge is 0.269 e. The minimum Gasteiger partial charge on any atom is -0.354 e. The van der Waals surface area contributed by atoms with Gasteiger partial charge in [0.2, 0.25) is 0 Å². The van der Waals surface area contributed by atoms with Crippen LogP contribution in [0.15, 0.2) is 12.3 Å². The van der Waals surface area contributed by atoms with Crippen molar-refractivity contribution in [1.82, 2.24) is 10.3 Å². The molecule has 0 aliphatic heterocycles. The van der Waals surface area contributed by atoms with Crippen molar-refractivity contribution in [2.24, 2.45) is 0 Å². The Labute approximate surface area is 76.2 Å². The standard InChI is InChI=1S/C9H9N3O/c1-6-5-12-8(9(13)11-2)3-7(6)4-10/h3,5H,1-2H3,(H,11,13). The number of hydrogen-bond donors (Lipinski definition) is 1. The first-order chi connectivity index (χ1) is 6.19. The fourth-order valence-corrected chi connectivity index (χ4v) is 0.896. The first-order valence-corrected chi connectivity index (χ1v) is 3.78. The lowest BCUT2D eigenvalue weighted by molar-refractivity contribution is 0.0958. The molecule has 66 valence electrons. The number of hydrogen-bond acceptors (Lipinski definition) is 3. The van der Waals surface area contributed by atoms with Gasteiger partial charge in [-0.05, 0) is 18.6 Å². The average Bonchev–Trinajstić information content (AvgIpc) is 2.17. The lowest BCUT2D eigenvalue weighted by Crippen LogP contribution is -2.19. The first-order valence-electron chi connectivity index (χ1n) is 3.78. The zero-order valence-corrected chi connectivity index (χ0v) is 7.46. The van der Waals surface area contributed by atoms with Crippen LogP contribution < -0.4 is 5.32 Å². The Morgan fingerprint density at radius 1 is 1.69 bits per heavy atom. The molecule has 0 aromatic carbocycles. The van der Waals surface area contributed by atoms with E-state index < -0.39 is 0 Å². The molecule has 0 bridgehead atoms. The molecule has 0 radical (unpaired) electrons. The van der Waals surface area contributed by atoms with Crippen molar-refractivity contribution in [3.05, 3.63) is 29.1 Å². The van der Waals surface area contributed by atoms with Gasteiger partial charge in [0, 0.05) is 13.2 Å². The molecule has 1 amide bonds. The van der Waals surface area contributed by atoms with Crippen LogP contribution in [-0.2, 0) is 0 Å². The number of nitrogens with zero attached hydrogens (tertiary/aromatic N) is 2. The van der Waals surface area contributed by atoms with Crippen LogP contribution in [0.2, 0.25) is 0 Å². The van der Waals surface area contributed by atoms with E-state index >= 15 is 0 Å². The molecule has 0 fully saturated rings. The molecule has 0 atom stereocenters. The van der Waals surface area contributed by atoms with Gasteiger partial charge in [-0.15, -0.1) is 0 Å². The van der Waals surface area contributed by atoms with E-state index in [4.69, 9.17) is 5.26 Å². The molecule has 0 aliphatic carbocycles. The van der Waals surface area contributed by atoms with Crippen LogP contribution in [0.3, 0.4) is 0 Å². The number of aromatic nitrogens is 1. The Kier molecular flexibility index (Phi) is 2.60. The largest absolute Gasteiger partial charge is 0.354 e. The summed E-state index contributed by atoms with van der Waals surface area (Å²) < 4.78 is 0.